The Morgan fingerprint density at radius 1 is 1.32 bits per heavy atom. The zero-order chi connectivity index (χ0) is 16.9. The minimum atomic E-state index is 0.0347. The van der Waals surface area contributed by atoms with Crippen LogP contribution in [0.4, 0.5) is 0 Å². The molecule has 0 aromatic rings. The molecule has 1 atom stereocenters. The van der Waals surface area contributed by atoms with Gasteiger partial charge in [0, 0.05) is 16.9 Å². The third-order valence-corrected chi connectivity index (χ3v) is 4.77. The van der Waals surface area contributed by atoms with Crippen LogP contribution in [0, 0.1) is 0 Å². The highest BCUT2D eigenvalue weighted by atomic mass is 15.2. The van der Waals surface area contributed by atoms with Gasteiger partial charge in [-0.2, -0.15) is 0 Å². The molecule has 1 unspecified atom stereocenters. The van der Waals surface area contributed by atoms with Crippen molar-refractivity contribution in [2.45, 2.75) is 59.4 Å². The molecule has 1 rings (SSSR count). The van der Waals surface area contributed by atoms with Crippen molar-refractivity contribution in [3.8, 4) is 0 Å². The van der Waals surface area contributed by atoms with Gasteiger partial charge in [0.15, 0.2) is 0 Å². The number of allylic oxidation sites excluding steroid dienone is 7. The van der Waals surface area contributed by atoms with Gasteiger partial charge in [-0.3, -0.25) is 0 Å². The van der Waals surface area contributed by atoms with E-state index in [0.29, 0.717) is 6.54 Å². The van der Waals surface area contributed by atoms with Crippen LogP contribution < -0.4 is 5.73 Å². The number of likely N-dealkylation sites (tertiary alicyclic amines) is 1. The van der Waals surface area contributed by atoms with Gasteiger partial charge in [-0.05, 0) is 71.6 Å². The summed E-state index contributed by atoms with van der Waals surface area (Å²) in [6, 6.07) is 0. The highest BCUT2D eigenvalue weighted by molar-refractivity contribution is 5.40. The third kappa shape index (κ3) is 4.01. The van der Waals surface area contributed by atoms with Crippen molar-refractivity contribution in [1.82, 2.24) is 4.90 Å². The Hall–Kier alpha value is -1.54. The summed E-state index contributed by atoms with van der Waals surface area (Å²) in [6.45, 7) is 19.8. The molecule has 0 radical (unpaired) electrons. The van der Waals surface area contributed by atoms with E-state index >= 15 is 0 Å². The SMILES string of the molecule is C=C(C)N1C(=C)\C(=C/C=C(C)/C(C)=C/C)CCC1(C)CCN. The fourth-order valence-corrected chi connectivity index (χ4v) is 3.13. The molecule has 122 valence electrons. The van der Waals surface area contributed by atoms with Gasteiger partial charge in [0.25, 0.3) is 0 Å². The standard InChI is InChI=1S/C20H32N2/c1-8-16(4)17(5)9-10-19-11-12-20(7,13-14-21)22(15(2)3)18(19)6/h8-10H,2,6,11-14,21H2,1,3-5,7H3/b16-8+,17-9+,19-10-. The lowest BCUT2D eigenvalue weighted by Crippen LogP contribution is -2.48. The minimum Gasteiger partial charge on any atom is -0.340 e. The van der Waals surface area contributed by atoms with Gasteiger partial charge in [0.2, 0.25) is 0 Å². The molecule has 22 heavy (non-hydrogen) atoms. The van der Waals surface area contributed by atoms with Gasteiger partial charge in [-0.15, -0.1) is 0 Å². The van der Waals surface area contributed by atoms with Crippen LogP contribution in [0.1, 0.15) is 53.9 Å². The Morgan fingerprint density at radius 2 is 1.95 bits per heavy atom. The number of hydrogen-bond donors (Lipinski definition) is 1. The Balaban J connectivity index is 3.10. The van der Waals surface area contributed by atoms with Gasteiger partial charge in [-0.25, -0.2) is 0 Å². The highest BCUT2D eigenvalue weighted by Gasteiger charge is 2.37. The molecule has 1 fully saturated rings. The normalized spacial score (nSPS) is 25.8. The van der Waals surface area contributed by atoms with Crippen molar-refractivity contribution >= 4 is 0 Å². The van der Waals surface area contributed by atoms with E-state index in [0.717, 1.165) is 30.7 Å². The first-order chi connectivity index (χ1) is 10.3. The van der Waals surface area contributed by atoms with Crippen LogP contribution in [0.2, 0.25) is 0 Å². The van der Waals surface area contributed by atoms with Gasteiger partial charge in [-0.1, -0.05) is 37.0 Å². The maximum atomic E-state index is 5.82. The molecular weight excluding hydrogens is 268 g/mol. The number of hydrogen-bond acceptors (Lipinski definition) is 2. The molecule has 0 spiro atoms. The summed E-state index contributed by atoms with van der Waals surface area (Å²) in [5, 5.41) is 0. The average molecular weight is 300 g/mol. The van der Waals surface area contributed by atoms with Crippen LogP contribution in [0.15, 0.2) is 59.5 Å². The molecule has 0 aromatic carbocycles. The predicted molar refractivity (Wildman–Crippen MR) is 98.4 cm³/mol. The van der Waals surface area contributed by atoms with E-state index in [1.165, 1.54) is 16.7 Å². The molecular formula is C20H32N2. The number of piperidine rings is 1. The Kier molecular flexibility index (Phi) is 6.43. The average Bonchev–Trinajstić information content (AvgIpc) is 2.45. The second-order valence-electron chi connectivity index (χ2n) is 6.57. The van der Waals surface area contributed by atoms with Crippen molar-refractivity contribution in [3.63, 3.8) is 0 Å². The lowest BCUT2D eigenvalue weighted by molar-refractivity contribution is 0.153. The van der Waals surface area contributed by atoms with Gasteiger partial charge in [0.05, 0.1) is 0 Å². The molecule has 1 aliphatic rings. The van der Waals surface area contributed by atoms with E-state index in [2.05, 4.69) is 64.0 Å². The van der Waals surface area contributed by atoms with Crippen LogP contribution in [-0.2, 0) is 0 Å². The summed E-state index contributed by atoms with van der Waals surface area (Å²) in [4.78, 5) is 2.28. The van der Waals surface area contributed by atoms with Crippen LogP contribution >= 0.6 is 0 Å². The van der Waals surface area contributed by atoms with E-state index in [1.807, 2.05) is 6.92 Å². The molecule has 0 amide bonds. The van der Waals surface area contributed by atoms with E-state index in [1.54, 1.807) is 0 Å². The lowest BCUT2D eigenvalue weighted by Gasteiger charge is -2.48. The van der Waals surface area contributed by atoms with E-state index in [-0.39, 0.29) is 5.54 Å². The van der Waals surface area contributed by atoms with Crippen LogP contribution in [0.25, 0.3) is 0 Å². The maximum absolute atomic E-state index is 5.82. The zero-order valence-electron chi connectivity index (χ0n) is 15.0. The number of rotatable bonds is 5. The molecule has 2 heteroatoms. The quantitative estimate of drug-likeness (QED) is 0.718. The molecule has 2 nitrogen and oxygen atoms in total. The fourth-order valence-electron chi connectivity index (χ4n) is 3.13. The van der Waals surface area contributed by atoms with Gasteiger partial charge >= 0.3 is 0 Å². The number of nitrogens with two attached hydrogens (primary N) is 1. The van der Waals surface area contributed by atoms with Crippen LogP contribution in [0.3, 0.4) is 0 Å². The summed E-state index contributed by atoms with van der Waals surface area (Å²) in [7, 11) is 0. The fraction of sp³-hybridized carbons (Fsp3) is 0.500. The zero-order valence-corrected chi connectivity index (χ0v) is 15.0. The van der Waals surface area contributed by atoms with E-state index < -0.39 is 0 Å². The maximum Gasteiger partial charge on any atom is 0.0434 e. The van der Waals surface area contributed by atoms with Crippen molar-refractivity contribution in [2.24, 2.45) is 5.73 Å². The molecule has 0 saturated carbocycles. The lowest BCUT2D eigenvalue weighted by atomic mass is 9.81. The molecule has 0 aromatic heterocycles. The highest BCUT2D eigenvalue weighted by Crippen LogP contribution is 2.41. The smallest absolute Gasteiger partial charge is 0.0434 e. The molecule has 2 N–H and O–H groups in total. The summed E-state index contributed by atoms with van der Waals surface area (Å²) in [6.07, 6.45) is 9.62. The van der Waals surface area contributed by atoms with E-state index in [9.17, 15) is 0 Å². The summed E-state index contributed by atoms with van der Waals surface area (Å²) < 4.78 is 0. The first-order valence-corrected chi connectivity index (χ1v) is 8.12. The second kappa shape index (κ2) is 7.64. The summed E-state index contributed by atoms with van der Waals surface area (Å²) in [5.74, 6) is 0. The first-order valence-electron chi connectivity index (χ1n) is 8.12. The van der Waals surface area contributed by atoms with Crippen molar-refractivity contribution < 1.29 is 0 Å². The Morgan fingerprint density at radius 3 is 2.45 bits per heavy atom. The molecule has 0 aliphatic carbocycles. The third-order valence-electron chi connectivity index (χ3n) is 4.77. The monoisotopic (exact) mass is 300 g/mol. The number of nitrogens with zero attached hydrogens (tertiary/aromatic N) is 1. The van der Waals surface area contributed by atoms with E-state index in [4.69, 9.17) is 5.73 Å². The van der Waals surface area contributed by atoms with Gasteiger partial charge in [0.1, 0.15) is 0 Å². The summed E-state index contributed by atoms with van der Waals surface area (Å²) in [5.41, 5.74) is 11.9. The largest absolute Gasteiger partial charge is 0.340 e. The molecule has 1 heterocycles. The van der Waals surface area contributed by atoms with Crippen molar-refractivity contribution in [2.75, 3.05) is 6.54 Å². The van der Waals surface area contributed by atoms with Crippen molar-refractivity contribution in [1.29, 1.82) is 0 Å². The Labute approximate surface area is 136 Å². The summed E-state index contributed by atoms with van der Waals surface area (Å²) >= 11 is 0. The van der Waals surface area contributed by atoms with Crippen LogP contribution in [-0.4, -0.2) is 17.0 Å². The molecule has 1 aliphatic heterocycles. The minimum absolute atomic E-state index is 0.0347. The first kappa shape index (κ1) is 18.5. The van der Waals surface area contributed by atoms with Gasteiger partial charge < -0.3 is 10.6 Å². The second-order valence-corrected chi connectivity index (χ2v) is 6.57. The Bertz CT molecular complexity index is 534. The molecule has 0 bridgehead atoms. The van der Waals surface area contributed by atoms with Crippen molar-refractivity contribution in [3.05, 3.63) is 59.5 Å². The predicted octanol–water partition coefficient (Wildman–Crippen LogP) is 5.08. The topological polar surface area (TPSA) is 29.3 Å². The van der Waals surface area contributed by atoms with Crippen LogP contribution in [0.5, 0.6) is 0 Å². The molecule has 1 saturated heterocycles.